The summed E-state index contributed by atoms with van der Waals surface area (Å²) in [7, 11) is 1.37. The number of hydrogen-bond donors (Lipinski definition) is 0. The predicted octanol–water partition coefficient (Wildman–Crippen LogP) is 3.13. The van der Waals surface area contributed by atoms with E-state index in [1.807, 2.05) is 37.3 Å². The van der Waals surface area contributed by atoms with Gasteiger partial charge < -0.3 is 9.47 Å². The molecule has 22 heavy (non-hydrogen) atoms. The molecule has 1 saturated heterocycles. The molecule has 0 N–H and O–H groups in total. The molecule has 0 aliphatic carbocycles. The minimum atomic E-state index is -0.864. The van der Waals surface area contributed by atoms with Gasteiger partial charge in [-0.25, -0.2) is 9.59 Å². The fourth-order valence-corrected chi connectivity index (χ4v) is 3.12. The Balaban J connectivity index is 2.07. The molecule has 1 aliphatic rings. The Morgan fingerprint density at radius 3 is 2.64 bits per heavy atom. The number of hydrogen-bond acceptors (Lipinski definition) is 4. The van der Waals surface area contributed by atoms with Crippen LogP contribution in [-0.4, -0.2) is 36.2 Å². The number of ether oxygens (including phenoxy) is 2. The molecule has 0 radical (unpaired) electrons. The van der Waals surface area contributed by atoms with Crippen LogP contribution in [0.4, 0.5) is 4.79 Å². The van der Waals surface area contributed by atoms with Crippen LogP contribution in [-0.2, 0) is 20.9 Å². The van der Waals surface area contributed by atoms with Crippen LogP contribution in [0, 0.1) is 0 Å². The predicted molar refractivity (Wildman–Crippen MR) is 82.2 cm³/mol. The molecule has 0 bridgehead atoms. The van der Waals surface area contributed by atoms with Crippen molar-refractivity contribution in [2.45, 2.75) is 44.8 Å². The summed E-state index contributed by atoms with van der Waals surface area (Å²) in [5.41, 5.74) is 0.0614. The van der Waals surface area contributed by atoms with Gasteiger partial charge in [-0.1, -0.05) is 43.7 Å². The molecule has 1 amide bonds. The standard InChI is InChI=1S/C17H23NO4/c1-3-10-17(15(19)21-2)11-7-12-18(17)16(20)22-13-14-8-5-4-6-9-14/h4-6,8-9H,3,7,10-13H2,1-2H3. The normalized spacial score (nSPS) is 20.7. The number of methoxy groups -OCH3 is 1. The summed E-state index contributed by atoms with van der Waals surface area (Å²) in [6.07, 6.45) is 2.38. The molecule has 5 nitrogen and oxygen atoms in total. The summed E-state index contributed by atoms with van der Waals surface area (Å²) in [5, 5.41) is 0. The Hall–Kier alpha value is -2.04. The third kappa shape index (κ3) is 3.24. The zero-order valence-electron chi connectivity index (χ0n) is 13.2. The number of nitrogens with zero attached hydrogens (tertiary/aromatic N) is 1. The lowest BCUT2D eigenvalue weighted by molar-refractivity contribution is -0.153. The topological polar surface area (TPSA) is 55.8 Å². The van der Waals surface area contributed by atoms with Crippen LogP contribution in [0.5, 0.6) is 0 Å². The lowest BCUT2D eigenvalue weighted by atomic mass is 9.91. The summed E-state index contributed by atoms with van der Waals surface area (Å²) in [5.74, 6) is -0.344. The smallest absolute Gasteiger partial charge is 0.411 e. The molecule has 2 rings (SSSR count). The number of benzene rings is 1. The maximum Gasteiger partial charge on any atom is 0.411 e. The van der Waals surface area contributed by atoms with Crippen molar-refractivity contribution in [1.82, 2.24) is 4.90 Å². The van der Waals surface area contributed by atoms with Gasteiger partial charge in [-0.05, 0) is 24.8 Å². The van der Waals surface area contributed by atoms with Gasteiger partial charge >= 0.3 is 12.1 Å². The van der Waals surface area contributed by atoms with Gasteiger partial charge in [0.05, 0.1) is 7.11 Å². The second-order valence-corrected chi connectivity index (χ2v) is 5.57. The van der Waals surface area contributed by atoms with E-state index < -0.39 is 11.6 Å². The molecular formula is C17H23NO4. The van der Waals surface area contributed by atoms with Crippen molar-refractivity contribution >= 4 is 12.1 Å². The Kier molecular flexibility index (Phi) is 5.41. The second-order valence-electron chi connectivity index (χ2n) is 5.57. The van der Waals surface area contributed by atoms with Gasteiger partial charge in [-0.2, -0.15) is 0 Å². The van der Waals surface area contributed by atoms with E-state index in [1.54, 1.807) is 4.90 Å². The lowest BCUT2D eigenvalue weighted by Crippen LogP contribution is -2.53. The average molecular weight is 305 g/mol. The zero-order chi connectivity index (χ0) is 16.0. The Morgan fingerprint density at radius 1 is 1.27 bits per heavy atom. The van der Waals surface area contributed by atoms with Crippen molar-refractivity contribution < 1.29 is 19.1 Å². The second kappa shape index (κ2) is 7.29. The lowest BCUT2D eigenvalue weighted by Gasteiger charge is -2.35. The molecule has 0 aromatic heterocycles. The van der Waals surface area contributed by atoms with Crippen LogP contribution in [0.25, 0.3) is 0 Å². The highest BCUT2D eigenvalue weighted by molar-refractivity contribution is 5.86. The van der Waals surface area contributed by atoms with E-state index in [0.29, 0.717) is 19.4 Å². The molecule has 1 unspecified atom stereocenters. The third-order valence-corrected chi connectivity index (χ3v) is 4.14. The van der Waals surface area contributed by atoms with Crippen molar-refractivity contribution in [3.8, 4) is 0 Å². The Bertz CT molecular complexity index is 517. The largest absolute Gasteiger partial charge is 0.467 e. The summed E-state index contributed by atoms with van der Waals surface area (Å²) in [6.45, 7) is 2.73. The molecule has 5 heteroatoms. The van der Waals surface area contributed by atoms with Gasteiger partial charge in [0.1, 0.15) is 12.1 Å². The zero-order valence-corrected chi connectivity index (χ0v) is 13.2. The highest BCUT2D eigenvalue weighted by Gasteiger charge is 2.50. The van der Waals surface area contributed by atoms with Crippen LogP contribution >= 0.6 is 0 Å². The summed E-state index contributed by atoms with van der Waals surface area (Å²) < 4.78 is 10.3. The monoisotopic (exact) mass is 305 g/mol. The van der Waals surface area contributed by atoms with E-state index >= 15 is 0 Å². The van der Waals surface area contributed by atoms with Crippen molar-refractivity contribution in [3.63, 3.8) is 0 Å². The molecule has 1 atom stereocenters. The summed E-state index contributed by atoms with van der Waals surface area (Å²) in [6, 6.07) is 9.51. The first-order chi connectivity index (χ1) is 10.6. The van der Waals surface area contributed by atoms with Crippen LogP contribution in [0.3, 0.4) is 0 Å². The minimum absolute atomic E-state index is 0.208. The molecule has 120 valence electrons. The number of carbonyl (C=O) groups excluding carboxylic acids is 2. The third-order valence-electron chi connectivity index (χ3n) is 4.14. The molecule has 1 fully saturated rings. The summed E-state index contributed by atoms with van der Waals surface area (Å²) in [4.78, 5) is 26.2. The first kappa shape index (κ1) is 16.3. The molecule has 1 aromatic rings. The van der Waals surface area contributed by atoms with Gasteiger partial charge in [-0.3, -0.25) is 4.90 Å². The van der Waals surface area contributed by atoms with E-state index in [0.717, 1.165) is 18.4 Å². The van der Waals surface area contributed by atoms with Gasteiger partial charge in [-0.15, -0.1) is 0 Å². The fourth-order valence-electron chi connectivity index (χ4n) is 3.12. The fraction of sp³-hybridized carbons (Fsp3) is 0.529. The number of esters is 1. The average Bonchev–Trinajstić information content (AvgIpc) is 2.98. The molecule has 1 heterocycles. The molecule has 0 spiro atoms. The van der Waals surface area contributed by atoms with Gasteiger partial charge in [0.25, 0.3) is 0 Å². The molecule has 1 aromatic carbocycles. The van der Waals surface area contributed by atoms with Crippen molar-refractivity contribution in [3.05, 3.63) is 35.9 Å². The van der Waals surface area contributed by atoms with Crippen LogP contribution in [0.2, 0.25) is 0 Å². The van der Waals surface area contributed by atoms with E-state index in [4.69, 9.17) is 9.47 Å². The van der Waals surface area contributed by atoms with Crippen LogP contribution < -0.4 is 0 Å². The SMILES string of the molecule is CCCC1(C(=O)OC)CCCN1C(=O)OCc1ccccc1. The molecule has 0 saturated carbocycles. The van der Waals surface area contributed by atoms with Crippen LogP contribution in [0.15, 0.2) is 30.3 Å². The number of rotatable bonds is 5. The van der Waals surface area contributed by atoms with Crippen LogP contribution in [0.1, 0.15) is 38.2 Å². The molecular weight excluding hydrogens is 282 g/mol. The maximum atomic E-state index is 12.4. The van der Waals surface area contributed by atoms with Gasteiger partial charge in [0.15, 0.2) is 0 Å². The quantitative estimate of drug-likeness (QED) is 0.784. The van der Waals surface area contributed by atoms with Crippen molar-refractivity contribution in [2.75, 3.05) is 13.7 Å². The highest BCUT2D eigenvalue weighted by Crippen LogP contribution is 2.35. The first-order valence-corrected chi connectivity index (χ1v) is 7.71. The van der Waals surface area contributed by atoms with Crippen molar-refractivity contribution in [2.24, 2.45) is 0 Å². The Labute approximate surface area is 131 Å². The Morgan fingerprint density at radius 2 is 2.00 bits per heavy atom. The van der Waals surface area contributed by atoms with E-state index in [-0.39, 0.29) is 12.6 Å². The van der Waals surface area contributed by atoms with E-state index in [1.165, 1.54) is 7.11 Å². The van der Waals surface area contributed by atoms with Gasteiger partial charge in [0, 0.05) is 6.54 Å². The van der Waals surface area contributed by atoms with E-state index in [2.05, 4.69) is 0 Å². The number of carbonyl (C=O) groups is 2. The first-order valence-electron chi connectivity index (χ1n) is 7.71. The van der Waals surface area contributed by atoms with Crippen molar-refractivity contribution in [1.29, 1.82) is 0 Å². The minimum Gasteiger partial charge on any atom is -0.467 e. The highest BCUT2D eigenvalue weighted by atomic mass is 16.6. The molecule has 1 aliphatic heterocycles. The van der Waals surface area contributed by atoms with Gasteiger partial charge in [0.2, 0.25) is 0 Å². The number of likely N-dealkylation sites (tertiary alicyclic amines) is 1. The number of amides is 1. The summed E-state index contributed by atoms with van der Waals surface area (Å²) >= 11 is 0. The van der Waals surface area contributed by atoms with E-state index in [9.17, 15) is 9.59 Å². The maximum absolute atomic E-state index is 12.4.